The van der Waals surface area contributed by atoms with Crippen LogP contribution in [0.15, 0.2) is 54.6 Å². The van der Waals surface area contributed by atoms with Gasteiger partial charge in [0.25, 0.3) is 5.91 Å². The fraction of sp³-hybridized carbons (Fsp3) is 0.400. The summed E-state index contributed by atoms with van der Waals surface area (Å²) in [5.74, 6) is -0.0369. The van der Waals surface area contributed by atoms with Crippen molar-refractivity contribution >= 4 is 29.4 Å². The molecule has 0 spiro atoms. The van der Waals surface area contributed by atoms with Gasteiger partial charge in [-0.3, -0.25) is 14.5 Å². The van der Waals surface area contributed by atoms with Gasteiger partial charge in [-0.25, -0.2) is 4.79 Å². The van der Waals surface area contributed by atoms with Gasteiger partial charge in [-0.05, 0) is 54.9 Å². The molecule has 0 aromatic heterocycles. The summed E-state index contributed by atoms with van der Waals surface area (Å²) in [6.07, 6.45) is 3.24. The van der Waals surface area contributed by atoms with Gasteiger partial charge in [-0.2, -0.15) is 0 Å². The van der Waals surface area contributed by atoms with Gasteiger partial charge in [-0.1, -0.05) is 61.0 Å². The van der Waals surface area contributed by atoms with E-state index in [2.05, 4.69) is 17.4 Å². The number of piperidine rings is 1. The minimum Gasteiger partial charge on any atom is -0.341 e. The Kier molecular flexibility index (Phi) is 6.51. The second kappa shape index (κ2) is 9.33. The van der Waals surface area contributed by atoms with E-state index in [4.69, 9.17) is 11.6 Å². The van der Waals surface area contributed by atoms with Gasteiger partial charge in [0.1, 0.15) is 12.1 Å². The average Bonchev–Trinajstić information content (AvgIpc) is 3.06. The largest absolute Gasteiger partial charge is 0.341 e. The van der Waals surface area contributed by atoms with Gasteiger partial charge in [0.05, 0.1) is 0 Å². The number of imide groups is 1. The van der Waals surface area contributed by atoms with Crippen LogP contribution in [0.2, 0.25) is 5.02 Å². The quantitative estimate of drug-likeness (QED) is 0.672. The molecule has 0 bridgehead atoms. The van der Waals surface area contributed by atoms with E-state index in [1.165, 1.54) is 5.56 Å². The van der Waals surface area contributed by atoms with Crippen LogP contribution in [0.4, 0.5) is 4.79 Å². The van der Waals surface area contributed by atoms with Crippen molar-refractivity contribution in [2.24, 2.45) is 5.92 Å². The molecule has 2 saturated heterocycles. The second-order valence-electron chi connectivity index (χ2n) is 8.60. The first-order valence-electron chi connectivity index (χ1n) is 11.1. The van der Waals surface area contributed by atoms with Gasteiger partial charge in [0, 0.05) is 18.1 Å². The Balaban J connectivity index is 1.37. The molecule has 2 aromatic carbocycles. The molecule has 168 valence electrons. The third kappa shape index (κ3) is 4.37. The van der Waals surface area contributed by atoms with Crippen LogP contribution >= 0.6 is 11.6 Å². The molecule has 1 N–H and O–H groups in total. The lowest BCUT2D eigenvalue weighted by Crippen LogP contribution is -2.47. The Morgan fingerprint density at radius 1 is 1.06 bits per heavy atom. The van der Waals surface area contributed by atoms with Gasteiger partial charge in [-0.15, -0.1) is 0 Å². The molecule has 2 heterocycles. The van der Waals surface area contributed by atoms with E-state index in [-0.39, 0.29) is 18.4 Å². The number of likely N-dealkylation sites (tertiary alicyclic amines) is 1. The SMILES string of the molecule is CC[C@@]1(c2ccc(Cl)cc2)NC(=O)N(CC(=O)N2CCC(Cc3ccccc3)CC2)C1=O. The van der Waals surface area contributed by atoms with E-state index in [0.717, 1.165) is 24.2 Å². The topological polar surface area (TPSA) is 69.7 Å². The molecule has 32 heavy (non-hydrogen) atoms. The summed E-state index contributed by atoms with van der Waals surface area (Å²) < 4.78 is 0. The standard InChI is InChI=1S/C25H28ClN3O3/c1-2-25(20-8-10-21(26)11-9-20)23(31)29(24(32)27-25)17-22(30)28-14-12-19(13-15-28)16-18-6-4-3-5-7-18/h3-11,19H,2,12-17H2,1H3,(H,27,32)/t25-/m0/s1. The first-order valence-corrected chi connectivity index (χ1v) is 11.5. The van der Waals surface area contributed by atoms with Crippen LogP contribution in [-0.4, -0.2) is 47.3 Å². The molecular formula is C25H28ClN3O3. The zero-order valence-electron chi connectivity index (χ0n) is 18.2. The summed E-state index contributed by atoms with van der Waals surface area (Å²) in [6, 6.07) is 16.7. The van der Waals surface area contributed by atoms with Crippen LogP contribution in [0.5, 0.6) is 0 Å². The Bertz CT molecular complexity index is 987. The van der Waals surface area contributed by atoms with Crippen molar-refractivity contribution in [1.82, 2.24) is 15.1 Å². The van der Waals surface area contributed by atoms with Crippen LogP contribution in [0.25, 0.3) is 0 Å². The molecule has 7 heteroatoms. The highest BCUT2D eigenvalue weighted by Gasteiger charge is 2.51. The fourth-order valence-electron chi connectivity index (χ4n) is 4.71. The van der Waals surface area contributed by atoms with E-state index in [9.17, 15) is 14.4 Å². The van der Waals surface area contributed by atoms with Crippen molar-refractivity contribution < 1.29 is 14.4 Å². The molecule has 4 rings (SSSR count). The Morgan fingerprint density at radius 2 is 1.72 bits per heavy atom. The monoisotopic (exact) mass is 453 g/mol. The number of urea groups is 1. The maximum Gasteiger partial charge on any atom is 0.325 e. The first-order chi connectivity index (χ1) is 15.4. The molecule has 4 amide bonds. The smallest absolute Gasteiger partial charge is 0.325 e. The third-order valence-corrected chi connectivity index (χ3v) is 6.92. The van der Waals surface area contributed by atoms with E-state index in [1.807, 2.05) is 25.1 Å². The first kappa shape index (κ1) is 22.3. The Labute approximate surface area is 193 Å². The predicted octanol–water partition coefficient (Wildman–Crippen LogP) is 3.98. The molecule has 0 aliphatic carbocycles. The second-order valence-corrected chi connectivity index (χ2v) is 9.04. The summed E-state index contributed by atoms with van der Waals surface area (Å²) >= 11 is 5.98. The lowest BCUT2D eigenvalue weighted by molar-refractivity contribution is -0.140. The lowest BCUT2D eigenvalue weighted by Gasteiger charge is -2.33. The van der Waals surface area contributed by atoms with Crippen molar-refractivity contribution in [3.8, 4) is 0 Å². The molecule has 2 fully saturated rings. The van der Waals surface area contributed by atoms with E-state index < -0.39 is 11.6 Å². The molecule has 2 aromatic rings. The highest BCUT2D eigenvalue weighted by atomic mass is 35.5. The summed E-state index contributed by atoms with van der Waals surface area (Å²) in [5.41, 5.74) is 0.819. The molecule has 0 unspecified atom stereocenters. The van der Waals surface area contributed by atoms with Gasteiger partial charge >= 0.3 is 6.03 Å². The van der Waals surface area contributed by atoms with E-state index in [0.29, 0.717) is 36.0 Å². The number of benzene rings is 2. The number of hydrogen-bond donors (Lipinski definition) is 1. The average molecular weight is 454 g/mol. The summed E-state index contributed by atoms with van der Waals surface area (Å²) in [7, 11) is 0. The summed E-state index contributed by atoms with van der Waals surface area (Å²) in [4.78, 5) is 41.7. The Hall–Kier alpha value is -2.86. The normalized spacial score (nSPS) is 21.7. The fourth-order valence-corrected chi connectivity index (χ4v) is 4.84. The zero-order chi connectivity index (χ0) is 22.7. The molecular weight excluding hydrogens is 426 g/mol. The van der Waals surface area contributed by atoms with Crippen LogP contribution in [-0.2, 0) is 21.5 Å². The number of amides is 4. The van der Waals surface area contributed by atoms with Crippen LogP contribution in [0.1, 0.15) is 37.3 Å². The van der Waals surface area contributed by atoms with E-state index >= 15 is 0 Å². The molecule has 0 saturated carbocycles. The van der Waals surface area contributed by atoms with E-state index in [1.54, 1.807) is 29.2 Å². The zero-order valence-corrected chi connectivity index (χ0v) is 19.0. The summed E-state index contributed by atoms with van der Waals surface area (Å²) in [6.45, 7) is 2.91. The number of carbonyl (C=O) groups excluding carboxylic acids is 3. The number of carbonyl (C=O) groups is 3. The van der Waals surface area contributed by atoms with Crippen molar-refractivity contribution in [3.63, 3.8) is 0 Å². The highest BCUT2D eigenvalue weighted by molar-refractivity contribution is 6.30. The van der Waals surface area contributed by atoms with Crippen molar-refractivity contribution in [3.05, 3.63) is 70.7 Å². The van der Waals surface area contributed by atoms with Gasteiger partial charge < -0.3 is 10.2 Å². The van der Waals surface area contributed by atoms with Gasteiger partial charge in [0.15, 0.2) is 0 Å². The molecule has 2 aliphatic heterocycles. The van der Waals surface area contributed by atoms with Crippen molar-refractivity contribution in [2.45, 2.75) is 38.1 Å². The van der Waals surface area contributed by atoms with Crippen LogP contribution in [0, 0.1) is 5.92 Å². The van der Waals surface area contributed by atoms with Crippen molar-refractivity contribution in [1.29, 1.82) is 0 Å². The maximum absolute atomic E-state index is 13.3. The Morgan fingerprint density at radius 3 is 2.34 bits per heavy atom. The molecule has 6 nitrogen and oxygen atoms in total. The molecule has 2 aliphatic rings. The molecule has 1 atom stereocenters. The van der Waals surface area contributed by atoms with Crippen molar-refractivity contribution in [2.75, 3.05) is 19.6 Å². The number of nitrogens with one attached hydrogen (secondary N) is 1. The minimum absolute atomic E-state index is 0.185. The minimum atomic E-state index is -1.16. The lowest BCUT2D eigenvalue weighted by atomic mass is 9.87. The highest BCUT2D eigenvalue weighted by Crippen LogP contribution is 2.33. The predicted molar refractivity (Wildman–Crippen MR) is 123 cm³/mol. The number of rotatable bonds is 6. The van der Waals surface area contributed by atoms with Gasteiger partial charge in [0.2, 0.25) is 5.91 Å². The molecule has 0 radical (unpaired) electrons. The van der Waals surface area contributed by atoms with Crippen LogP contribution in [0.3, 0.4) is 0 Å². The third-order valence-electron chi connectivity index (χ3n) is 6.67. The maximum atomic E-state index is 13.3. The summed E-state index contributed by atoms with van der Waals surface area (Å²) in [5, 5.41) is 3.37. The number of nitrogens with zero attached hydrogens (tertiary/aromatic N) is 2. The number of hydrogen-bond acceptors (Lipinski definition) is 3. The van der Waals surface area contributed by atoms with Crippen LogP contribution < -0.4 is 5.32 Å². The number of halogens is 1.